The van der Waals surface area contributed by atoms with E-state index in [9.17, 15) is 17.6 Å². The molecule has 8 aromatic rings. The van der Waals surface area contributed by atoms with Gasteiger partial charge in [-0.15, -0.1) is 0 Å². The lowest BCUT2D eigenvalue weighted by molar-refractivity contribution is 0.627. The van der Waals surface area contributed by atoms with Crippen molar-refractivity contribution in [1.29, 1.82) is 0 Å². The minimum absolute atomic E-state index is 0.313. The predicted molar refractivity (Wildman–Crippen MR) is 234 cm³/mol. The maximum atomic E-state index is 13.7. The van der Waals surface area contributed by atoms with Gasteiger partial charge in [0.25, 0.3) is 0 Å². The zero-order chi connectivity index (χ0) is 39.8. The van der Waals surface area contributed by atoms with Crippen LogP contribution in [0.1, 0.15) is 55.6 Å². The van der Waals surface area contributed by atoms with E-state index in [2.05, 4.69) is 72.8 Å². The molecule has 0 atom stereocenters. The van der Waals surface area contributed by atoms with E-state index in [0.717, 1.165) is 77.6 Å². The van der Waals surface area contributed by atoms with Crippen LogP contribution in [0.15, 0.2) is 182 Å². The summed E-state index contributed by atoms with van der Waals surface area (Å²) in [6.07, 6.45) is 12.5. The fourth-order valence-electron chi connectivity index (χ4n) is 6.90. The topological polar surface area (TPSA) is 0 Å². The summed E-state index contributed by atoms with van der Waals surface area (Å²) in [4.78, 5) is 0. The Labute approximate surface area is 335 Å². The van der Waals surface area contributed by atoms with Crippen molar-refractivity contribution in [3.05, 3.63) is 261 Å². The predicted octanol–water partition coefficient (Wildman–Crippen LogP) is 14.9. The lowest BCUT2D eigenvalue weighted by Gasteiger charge is -2.10. The summed E-state index contributed by atoms with van der Waals surface area (Å²) in [5, 5.41) is 2.28. The Hall–Kier alpha value is -7.30. The van der Waals surface area contributed by atoms with Gasteiger partial charge in [0.15, 0.2) is 0 Å². The Morgan fingerprint density at radius 2 is 0.655 bits per heavy atom. The van der Waals surface area contributed by atoms with Crippen molar-refractivity contribution in [1.82, 2.24) is 0 Å². The summed E-state index contributed by atoms with van der Waals surface area (Å²) < 4.78 is 54.9. The van der Waals surface area contributed by atoms with Crippen molar-refractivity contribution in [2.24, 2.45) is 0 Å². The van der Waals surface area contributed by atoms with E-state index < -0.39 is 0 Å². The second kappa shape index (κ2) is 17.2. The summed E-state index contributed by atoms with van der Waals surface area (Å²) >= 11 is 0. The van der Waals surface area contributed by atoms with Crippen LogP contribution in [0.5, 0.6) is 0 Å². The normalized spacial score (nSPS) is 11.3. The van der Waals surface area contributed by atoms with Gasteiger partial charge >= 0.3 is 0 Å². The van der Waals surface area contributed by atoms with Crippen molar-refractivity contribution >= 4 is 58.4 Å². The third kappa shape index (κ3) is 9.21. The molecule has 0 radical (unpaired) electrons. The lowest BCUT2D eigenvalue weighted by Crippen LogP contribution is -1.90. The zero-order valence-corrected chi connectivity index (χ0v) is 31.3. The molecule has 0 unspecified atom stereocenters. The lowest BCUT2D eigenvalue weighted by atomic mass is 9.95. The first-order valence-electron chi connectivity index (χ1n) is 18.9. The smallest absolute Gasteiger partial charge is 0.123 e. The second-order valence-electron chi connectivity index (χ2n) is 14.0. The van der Waals surface area contributed by atoms with E-state index in [1.165, 1.54) is 48.5 Å². The van der Waals surface area contributed by atoms with E-state index in [1.54, 1.807) is 48.5 Å². The number of rotatable bonds is 10. The fourth-order valence-corrected chi connectivity index (χ4v) is 6.90. The highest BCUT2D eigenvalue weighted by Crippen LogP contribution is 2.30. The molecule has 8 rings (SSSR count). The van der Waals surface area contributed by atoms with Crippen LogP contribution < -0.4 is 0 Å². The van der Waals surface area contributed by atoms with Gasteiger partial charge in [-0.25, -0.2) is 17.6 Å². The third-order valence-corrected chi connectivity index (χ3v) is 9.96. The molecule has 58 heavy (non-hydrogen) atoms. The molecule has 0 fully saturated rings. The van der Waals surface area contributed by atoms with Crippen LogP contribution in [0.25, 0.3) is 58.4 Å². The van der Waals surface area contributed by atoms with Crippen molar-refractivity contribution in [3.8, 4) is 0 Å². The number of hydrogen-bond donors (Lipinski definition) is 0. The molecule has 0 bridgehead atoms. The Morgan fingerprint density at radius 3 is 1.07 bits per heavy atom. The Bertz CT molecular complexity index is 2690. The molecular formula is C54H36F4. The van der Waals surface area contributed by atoms with Gasteiger partial charge in [0, 0.05) is 0 Å². The highest BCUT2D eigenvalue weighted by atomic mass is 19.1. The Morgan fingerprint density at radius 1 is 0.310 bits per heavy atom. The van der Waals surface area contributed by atoms with Gasteiger partial charge in [-0.1, -0.05) is 146 Å². The van der Waals surface area contributed by atoms with Gasteiger partial charge in [-0.3, -0.25) is 0 Å². The zero-order valence-electron chi connectivity index (χ0n) is 31.3. The van der Waals surface area contributed by atoms with Crippen molar-refractivity contribution < 1.29 is 17.6 Å². The highest BCUT2D eigenvalue weighted by molar-refractivity contribution is 5.96. The van der Waals surface area contributed by atoms with E-state index in [4.69, 9.17) is 0 Å². The molecule has 0 aliphatic rings. The average Bonchev–Trinajstić information content (AvgIpc) is 3.25. The maximum absolute atomic E-state index is 13.7. The molecule has 0 saturated heterocycles. The molecule has 0 heterocycles. The first-order chi connectivity index (χ1) is 28.3. The number of halogens is 4. The summed E-state index contributed by atoms with van der Waals surface area (Å²) in [6, 6.07) is 54.3. The molecule has 4 heteroatoms. The van der Waals surface area contributed by atoms with E-state index in [1.807, 2.05) is 48.6 Å². The number of benzene rings is 8. The monoisotopic (exact) mass is 760 g/mol. The quantitative estimate of drug-likeness (QED) is 0.0962. The molecule has 0 amide bonds. The SMILES string of the molecule is Fc1ccc(C(=Cc2ccc(/C=C/c3cc(/C=C/c4ccc(C=C(c5ccc(F)cc5)c5ccc(F)cc5)cc4)c4ccccc4c3)cc2)c2ccc(F)cc2)cc1. The van der Waals surface area contributed by atoms with Gasteiger partial charge in [-0.05, 0) is 150 Å². The average molecular weight is 761 g/mol. The molecule has 0 saturated carbocycles. The van der Waals surface area contributed by atoms with Crippen LogP contribution in [0.4, 0.5) is 17.6 Å². The van der Waals surface area contributed by atoms with Crippen molar-refractivity contribution in [3.63, 3.8) is 0 Å². The molecular weight excluding hydrogens is 725 g/mol. The number of fused-ring (bicyclic) bond motifs is 1. The molecule has 280 valence electrons. The van der Waals surface area contributed by atoms with Gasteiger partial charge in [0.2, 0.25) is 0 Å². The Kier molecular flexibility index (Phi) is 11.2. The molecule has 0 spiro atoms. The van der Waals surface area contributed by atoms with Gasteiger partial charge in [-0.2, -0.15) is 0 Å². The summed E-state index contributed by atoms with van der Waals surface area (Å²) in [5.74, 6) is -1.25. The highest BCUT2D eigenvalue weighted by Gasteiger charge is 2.09. The fraction of sp³-hybridized carbons (Fsp3) is 0. The van der Waals surface area contributed by atoms with Crippen LogP contribution in [-0.4, -0.2) is 0 Å². The summed E-state index contributed by atoms with van der Waals surface area (Å²) in [5.41, 5.74) is 11.2. The van der Waals surface area contributed by atoms with Crippen molar-refractivity contribution in [2.75, 3.05) is 0 Å². The van der Waals surface area contributed by atoms with Crippen LogP contribution >= 0.6 is 0 Å². The molecule has 0 nitrogen and oxygen atoms in total. The van der Waals surface area contributed by atoms with Gasteiger partial charge in [0.05, 0.1) is 0 Å². The molecule has 0 aromatic heterocycles. The molecule has 0 aliphatic heterocycles. The summed E-state index contributed by atoms with van der Waals surface area (Å²) in [7, 11) is 0. The van der Waals surface area contributed by atoms with Gasteiger partial charge in [0.1, 0.15) is 23.3 Å². The second-order valence-corrected chi connectivity index (χ2v) is 14.0. The van der Waals surface area contributed by atoms with E-state index >= 15 is 0 Å². The molecule has 0 aliphatic carbocycles. The molecule has 8 aromatic carbocycles. The number of hydrogen-bond acceptors (Lipinski definition) is 0. The summed E-state index contributed by atoms with van der Waals surface area (Å²) in [6.45, 7) is 0. The first kappa shape index (κ1) is 37.6. The third-order valence-electron chi connectivity index (χ3n) is 9.96. The molecule has 0 N–H and O–H groups in total. The maximum Gasteiger partial charge on any atom is 0.123 e. The first-order valence-corrected chi connectivity index (χ1v) is 18.9. The minimum atomic E-state index is -0.313. The minimum Gasteiger partial charge on any atom is -0.207 e. The van der Waals surface area contributed by atoms with E-state index in [0.29, 0.717) is 0 Å². The Balaban J connectivity index is 1.03. The van der Waals surface area contributed by atoms with Gasteiger partial charge < -0.3 is 0 Å². The van der Waals surface area contributed by atoms with Crippen LogP contribution in [-0.2, 0) is 0 Å². The standard InChI is InChI=1S/C54H36F4/c55-48-25-17-42(18-26-48)53(43-19-27-49(56)28-20-43)35-39-10-5-37(6-11-39)9-14-41-33-46-3-1-2-4-52(46)47(34-41)16-15-38-7-12-40(13-8-38)36-54(44-21-29-50(57)30-22-44)45-23-31-51(58)32-24-45/h1-36H/b14-9+,16-15+. The van der Waals surface area contributed by atoms with Crippen LogP contribution in [0, 0.1) is 23.3 Å². The van der Waals surface area contributed by atoms with Crippen LogP contribution in [0.3, 0.4) is 0 Å². The van der Waals surface area contributed by atoms with Crippen molar-refractivity contribution in [2.45, 2.75) is 0 Å². The largest absolute Gasteiger partial charge is 0.207 e. The van der Waals surface area contributed by atoms with Crippen LogP contribution in [0.2, 0.25) is 0 Å². The van der Waals surface area contributed by atoms with E-state index in [-0.39, 0.29) is 23.3 Å².